The first-order valence-corrected chi connectivity index (χ1v) is 8.57. The first-order valence-electron chi connectivity index (χ1n) is 7.16. The van der Waals surface area contributed by atoms with Gasteiger partial charge in [-0.25, -0.2) is 8.78 Å². The van der Waals surface area contributed by atoms with Crippen LogP contribution in [-0.4, -0.2) is 21.6 Å². The summed E-state index contributed by atoms with van der Waals surface area (Å²) in [6.45, 7) is 4.23. The van der Waals surface area contributed by atoms with Crippen molar-refractivity contribution in [1.29, 1.82) is 0 Å². The minimum Gasteiger partial charge on any atom is -0.490 e. The lowest BCUT2D eigenvalue weighted by molar-refractivity contribution is 0.287. The zero-order valence-corrected chi connectivity index (χ0v) is 13.9. The molecule has 0 aliphatic carbocycles. The van der Waals surface area contributed by atoms with Gasteiger partial charge in [0.05, 0.1) is 13.2 Å². The van der Waals surface area contributed by atoms with Gasteiger partial charge in [0, 0.05) is 12.1 Å². The van der Waals surface area contributed by atoms with Crippen LogP contribution in [0.3, 0.4) is 0 Å². The van der Waals surface area contributed by atoms with Gasteiger partial charge in [0.1, 0.15) is 10.6 Å². The molecule has 0 fully saturated rings. The molecule has 0 aromatic heterocycles. The molecule has 0 atom stereocenters. The van der Waals surface area contributed by atoms with Crippen molar-refractivity contribution in [2.24, 2.45) is 0 Å². The molecule has 2 aromatic rings. The summed E-state index contributed by atoms with van der Waals surface area (Å²) in [6.07, 6.45) is 0. The Kier molecular flexibility index (Phi) is 5.61. The van der Waals surface area contributed by atoms with Crippen LogP contribution in [0.25, 0.3) is 0 Å². The van der Waals surface area contributed by atoms with E-state index in [2.05, 4.69) is 0 Å². The van der Waals surface area contributed by atoms with Crippen molar-refractivity contribution in [3.8, 4) is 17.2 Å². The van der Waals surface area contributed by atoms with E-state index in [-0.39, 0.29) is 16.4 Å². The fourth-order valence-corrected chi connectivity index (χ4v) is 2.83. The lowest BCUT2D eigenvalue weighted by Crippen LogP contribution is -2.11. The zero-order chi connectivity index (χ0) is 17.7. The Labute approximate surface area is 138 Å². The monoisotopic (exact) mass is 358 g/mol. The molecule has 8 heteroatoms. The average Bonchev–Trinajstić information content (AvgIpc) is 2.53. The van der Waals surface area contributed by atoms with Gasteiger partial charge in [-0.05, 0) is 38.1 Å². The van der Waals surface area contributed by atoms with E-state index < -0.39 is 21.8 Å². The second-order valence-corrected chi connectivity index (χ2v) is 6.13. The van der Waals surface area contributed by atoms with Crippen LogP contribution in [0.15, 0.2) is 41.3 Å². The normalized spacial score (nSPS) is 11.2. The first kappa shape index (κ1) is 18.0. The van der Waals surface area contributed by atoms with Crippen molar-refractivity contribution in [2.75, 3.05) is 13.2 Å². The van der Waals surface area contributed by atoms with Gasteiger partial charge in [-0.1, -0.05) is 0 Å². The fraction of sp³-hybridized carbons (Fsp3) is 0.250. The minimum atomic E-state index is -4.24. The molecule has 2 aromatic carbocycles. The van der Waals surface area contributed by atoms with Crippen LogP contribution in [0.4, 0.5) is 8.78 Å². The highest BCUT2D eigenvalue weighted by Crippen LogP contribution is 2.31. The van der Waals surface area contributed by atoms with Crippen LogP contribution in [0.2, 0.25) is 0 Å². The van der Waals surface area contributed by atoms with Crippen molar-refractivity contribution < 1.29 is 30.9 Å². The average molecular weight is 358 g/mol. The first-order chi connectivity index (χ1) is 11.4. The second kappa shape index (κ2) is 7.48. The van der Waals surface area contributed by atoms with Crippen molar-refractivity contribution in [3.05, 3.63) is 48.0 Å². The van der Waals surface area contributed by atoms with Crippen LogP contribution < -0.4 is 13.7 Å². The van der Waals surface area contributed by atoms with E-state index in [1.165, 1.54) is 18.2 Å². The number of hydrogen-bond acceptors (Lipinski definition) is 5. The summed E-state index contributed by atoms with van der Waals surface area (Å²) in [5.74, 6) is -2.00. The van der Waals surface area contributed by atoms with E-state index in [1.54, 1.807) is 13.8 Å². The van der Waals surface area contributed by atoms with Gasteiger partial charge in [0.2, 0.25) is 0 Å². The van der Waals surface area contributed by atoms with E-state index in [4.69, 9.17) is 13.7 Å². The van der Waals surface area contributed by atoms with Gasteiger partial charge < -0.3 is 13.7 Å². The van der Waals surface area contributed by atoms with Crippen molar-refractivity contribution >= 4 is 10.1 Å². The SMILES string of the molecule is CCOc1ccc(S(=O)(=O)Oc2ccc(F)c(F)c2)cc1OCC. The number of benzene rings is 2. The molecule has 0 unspecified atom stereocenters. The largest absolute Gasteiger partial charge is 0.490 e. The third kappa shape index (κ3) is 4.14. The van der Waals surface area contributed by atoms with Crippen LogP contribution >= 0.6 is 0 Å². The highest BCUT2D eigenvalue weighted by atomic mass is 32.2. The summed E-state index contributed by atoms with van der Waals surface area (Å²) in [5, 5.41) is 0. The maximum atomic E-state index is 13.2. The predicted octanol–water partition coefficient (Wildman–Crippen LogP) is 3.53. The number of ether oxygens (including phenoxy) is 2. The molecule has 130 valence electrons. The molecule has 0 saturated heterocycles. The van der Waals surface area contributed by atoms with E-state index in [1.807, 2.05) is 0 Å². The molecular formula is C16H16F2O5S. The lowest BCUT2D eigenvalue weighted by atomic mass is 10.3. The second-order valence-electron chi connectivity index (χ2n) is 4.59. The third-order valence-corrected chi connectivity index (χ3v) is 4.14. The standard InChI is InChI=1S/C16H16F2O5S/c1-3-21-15-8-6-12(10-16(15)22-4-2)24(19,20)23-11-5-7-13(17)14(18)9-11/h5-10H,3-4H2,1-2H3. The number of rotatable bonds is 7. The Bertz CT molecular complexity index is 821. The molecule has 0 radical (unpaired) electrons. The summed E-state index contributed by atoms with van der Waals surface area (Å²) in [6, 6.07) is 6.44. The molecule has 0 saturated carbocycles. The van der Waals surface area contributed by atoms with Gasteiger partial charge >= 0.3 is 10.1 Å². The van der Waals surface area contributed by atoms with Gasteiger partial charge in [-0.15, -0.1) is 0 Å². The Morgan fingerprint density at radius 1 is 0.875 bits per heavy atom. The Morgan fingerprint density at radius 3 is 2.17 bits per heavy atom. The summed E-state index contributed by atoms with van der Waals surface area (Å²) in [7, 11) is -4.24. The van der Waals surface area contributed by atoms with Crippen molar-refractivity contribution in [2.45, 2.75) is 18.7 Å². The lowest BCUT2D eigenvalue weighted by Gasteiger charge is -2.13. The van der Waals surface area contributed by atoms with E-state index in [0.29, 0.717) is 25.0 Å². The topological polar surface area (TPSA) is 61.8 Å². The fourth-order valence-electron chi connectivity index (χ4n) is 1.89. The summed E-state index contributed by atoms with van der Waals surface area (Å²) >= 11 is 0. The minimum absolute atomic E-state index is 0.195. The van der Waals surface area contributed by atoms with E-state index in [0.717, 1.165) is 12.1 Å². The molecule has 5 nitrogen and oxygen atoms in total. The molecule has 24 heavy (non-hydrogen) atoms. The van der Waals surface area contributed by atoms with Crippen LogP contribution in [0, 0.1) is 11.6 Å². The third-order valence-electron chi connectivity index (χ3n) is 2.90. The summed E-state index contributed by atoms with van der Waals surface area (Å²) in [5.41, 5.74) is 0. The predicted molar refractivity (Wildman–Crippen MR) is 83.0 cm³/mol. The Morgan fingerprint density at radius 2 is 1.54 bits per heavy atom. The van der Waals surface area contributed by atoms with Gasteiger partial charge in [-0.2, -0.15) is 8.42 Å². The van der Waals surface area contributed by atoms with Crippen molar-refractivity contribution in [1.82, 2.24) is 0 Å². The Hall–Kier alpha value is -2.35. The highest BCUT2D eigenvalue weighted by Gasteiger charge is 2.20. The highest BCUT2D eigenvalue weighted by molar-refractivity contribution is 7.87. The molecule has 0 bridgehead atoms. The quantitative estimate of drug-likeness (QED) is 0.709. The number of hydrogen-bond donors (Lipinski definition) is 0. The summed E-state index contributed by atoms with van der Waals surface area (Å²) in [4.78, 5) is -0.195. The zero-order valence-electron chi connectivity index (χ0n) is 13.1. The molecule has 0 heterocycles. The molecule has 0 N–H and O–H groups in total. The Balaban J connectivity index is 2.34. The maximum absolute atomic E-state index is 13.2. The van der Waals surface area contributed by atoms with Crippen LogP contribution in [-0.2, 0) is 10.1 Å². The van der Waals surface area contributed by atoms with Gasteiger partial charge in [-0.3, -0.25) is 0 Å². The molecule has 2 rings (SSSR count). The van der Waals surface area contributed by atoms with Crippen molar-refractivity contribution in [3.63, 3.8) is 0 Å². The van der Waals surface area contributed by atoms with Gasteiger partial charge in [0.15, 0.2) is 23.1 Å². The van der Waals surface area contributed by atoms with E-state index in [9.17, 15) is 17.2 Å². The smallest absolute Gasteiger partial charge is 0.339 e. The molecule has 0 spiro atoms. The van der Waals surface area contributed by atoms with Gasteiger partial charge in [0.25, 0.3) is 0 Å². The molecule has 0 aliphatic rings. The summed E-state index contributed by atoms with van der Waals surface area (Å²) < 4.78 is 66.2. The van der Waals surface area contributed by atoms with Crippen LogP contribution in [0.1, 0.15) is 13.8 Å². The molecule has 0 amide bonds. The van der Waals surface area contributed by atoms with E-state index >= 15 is 0 Å². The van der Waals surface area contributed by atoms with Crippen LogP contribution in [0.5, 0.6) is 17.2 Å². The molecule has 0 aliphatic heterocycles. The maximum Gasteiger partial charge on any atom is 0.339 e. The molecular weight excluding hydrogens is 342 g/mol. The number of halogens is 2.